The minimum Gasteiger partial charge on any atom is -0.327 e. The van der Waals surface area contributed by atoms with Crippen LogP contribution in [-0.2, 0) is 6.54 Å². The second-order valence-electron chi connectivity index (χ2n) is 4.98. The maximum atomic E-state index is 6.13. The van der Waals surface area contributed by atoms with Gasteiger partial charge in [0.25, 0.3) is 0 Å². The van der Waals surface area contributed by atoms with Crippen LogP contribution in [0.25, 0.3) is 0 Å². The molecule has 1 aliphatic heterocycles. The molecule has 0 bridgehead atoms. The van der Waals surface area contributed by atoms with Crippen LogP contribution in [0, 0.1) is 5.92 Å². The van der Waals surface area contributed by atoms with Gasteiger partial charge in [-0.3, -0.25) is 4.90 Å². The van der Waals surface area contributed by atoms with E-state index in [1.165, 1.54) is 12.0 Å². The zero-order valence-corrected chi connectivity index (χ0v) is 12.0. The zero-order valence-electron chi connectivity index (χ0n) is 10.4. The molecule has 0 radical (unpaired) electrons. The van der Waals surface area contributed by atoms with E-state index in [4.69, 9.17) is 5.73 Å². The van der Waals surface area contributed by atoms with Crippen molar-refractivity contribution in [2.75, 3.05) is 13.1 Å². The number of nitrogens with zero attached hydrogens (tertiary/aromatic N) is 1. The molecule has 17 heavy (non-hydrogen) atoms. The third-order valence-corrected chi connectivity index (χ3v) is 4.25. The summed E-state index contributed by atoms with van der Waals surface area (Å²) >= 11 is 3.47. The fourth-order valence-corrected chi connectivity index (χ4v) is 2.81. The molecule has 0 amide bonds. The molecule has 0 saturated carbocycles. The molecular formula is C14H21BrN2. The van der Waals surface area contributed by atoms with Gasteiger partial charge in [-0.25, -0.2) is 0 Å². The summed E-state index contributed by atoms with van der Waals surface area (Å²) in [6.07, 6.45) is 2.33. The zero-order chi connectivity index (χ0) is 12.3. The van der Waals surface area contributed by atoms with Crippen LogP contribution in [-0.4, -0.2) is 24.0 Å². The lowest BCUT2D eigenvalue weighted by Crippen LogP contribution is -2.46. The predicted molar refractivity (Wildman–Crippen MR) is 75.8 cm³/mol. The Morgan fingerprint density at radius 1 is 1.35 bits per heavy atom. The van der Waals surface area contributed by atoms with Gasteiger partial charge in [0.15, 0.2) is 0 Å². The molecule has 1 aromatic carbocycles. The molecule has 1 saturated heterocycles. The predicted octanol–water partition coefficient (Wildman–Crippen LogP) is 3.01. The molecule has 2 N–H and O–H groups in total. The maximum Gasteiger partial charge on any atom is 0.0233 e. The minimum absolute atomic E-state index is 0.404. The monoisotopic (exact) mass is 296 g/mol. The van der Waals surface area contributed by atoms with Crippen molar-refractivity contribution < 1.29 is 0 Å². The van der Waals surface area contributed by atoms with E-state index in [1.54, 1.807) is 0 Å². The molecular weight excluding hydrogens is 276 g/mol. The van der Waals surface area contributed by atoms with Gasteiger partial charge in [-0.1, -0.05) is 41.4 Å². The van der Waals surface area contributed by atoms with Crippen LogP contribution >= 0.6 is 15.9 Å². The Bertz CT molecular complexity index is 350. The Morgan fingerprint density at radius 3 is 2.71 bits per heavy atom. The molecule has 0 aromatic heterocycles. The molecule has 1 heterocycles. The Labute approximate surface area is 112 Å². The number of benzene rings is 1. The van der Waals surface area contributed by atoms with Gasteiger partial charge in [-0.05, 0) is 36.6 Å². The van der Waals surface area contributed by atoms with E-state index >= 15 is 0 Å². The van der Waals surface area contributed by atoms with Crippen molar-refractivity contribution >= 4 is 15.9 Å². The fraction of sp³-hybridized carbons (Fsp3) is 0.571. The van der Waals surface area contributed by atoms with Crippen LogP contribution in [0.4, 0.5) is 0 Å². The van der Waals surface area contributed by atoms with Crippen LogP contribution in [0.1, 0.15) is 25.3 Å². The first-order valence-corrected chi connectivity index (χ1v) is 7.20. The van der Waals surface area contributed by atoms with Gasteiger partial charge < -0.3 is 5.73 Å². The van der Waals surface area contributed by atoms with Crippen molar-refractivity contribution in [1.82, 2.24) is 4.90 Å². The summed E-state index contributed by atoms with van der Waals surface area (Å²) in [5, 5.41) is 0. The number of hydrogen-bond donors (Lipinski definition) is 1. The van der Waals surface area contributed by atoms with Crippen LogP contribution in [0.2, 0.25) is 0 Å². The number of likely N-dealkylation sites (tertiary alicyclic amines) is 1. The largest absolute Gasteiger partial charge is 0.327 e. The topological polar surface area (TPSA) is 29.3 Å². The van der Waals surface area contributed by atoms with E-state index in [0.29, 0.717) is 12.0 Å². The lowest BCUT2D eigenvalue weighted by molar-refractivity contribution is 0.145. The van der Waals surface area contributed by atoms with Crippen LogP contribution in [0.5, 0.6) is 0 Å². The van der Waals surface area contributed by atoms with Crippen LogP contribution < -0.4 is 5.73 Å². The number of rotatable bonds is 3. The number of nitrogens with two attached hydrogens (primary N) is 1. The SMILES string of the molecule is CCC1CN(Cc2ccc(Br)cc2)CCC1N. The number of hydrogen-bond acceptors (Lipinski definition) is 2. The summed E-state index contributed by atoms with van der Waals surface area (Å²) in [4.78, 5) is 2.53. The molecule has 0 spiro atoms. The highest BCUT2D eigenvalue weighted by atomic mass is 79.9. The summed E-state index contributed by atoms with van der Waals surface area (Å²) in [5.74, 6) is 0.666. The first-order chi connectivity index (χ1) is 8.19. The lowest BCUT2D eigenvalue weighted by atomic mass is 9.90. The number of piperidine rings is 1. The molecule has 3 heteroatoms. The second kappa shape index (κ2) is 5.98. The van der Waals surface area contributed by atoms with Crippen molar-refractivity contribution in [1.29, 1.82) is 0 Å². The van der Waals surface area contributed by atoms with Gasteiger partial charge in [-0.15, -0.1) is 0 Å². The first kappa shape index (κ1) is 13.1. The maximum absolute atomic E-state index is 6.13. The number of halogens is 1. The Hall–Kier alpha value is -0.380. The second-order valence-corrected chi connectivity index (χ2v) is 5.90. The molecule has 2 unspecified atom stereocenters. The van der Waals surface area contributed by atoms with E-state index in [1.807, 2.05) is 0 Å². The fourth-order valence-electron chi connectivity index (χ4n) is 2.55. The molecule has 0 aliphatic carbocycles. The Morgan fingerprint density at radius 2 is 2.06 bits per heavy atom. The molecule has 2 rings (SSSR count). The highest BCUT2D eigenvalue weighted by Crippen LogP contribution is 2.20. The highest BCUT2D eigenvalue weighted by molar-refractivity contribution is 9.10. The summed E-state index contributed by atoms with van der Waals surface area (Å²) in [7, 11) is 0. The summed E-state index contributed by atoms with van der Waals surface area (Å²) in [6, 6.07) is 9.02. The third kappa shape index (κ3) is 3.54. The van der Waals surface area contributed by atoms with Crippen molar-refractivity contribution in [3.05, 3.63) is 34.3 Å². The van der Waals surface area contributed by atoms with Crippen molar-refractivity contribution in [2.45, 2.75) is 32.4 Å². The summed E-state index contributed by atoms with van der Waals surface area (Å²) < 4.78 is 1.15. The molecule has 2 nitrogen and oxygen atoms in total. The molecule has 1 aromatic rings. The van der Waals surface area contributed by atoms with Gasteiger partial charge in [-0.2, -0.15) is 0 Å². The standard InChI is InChI=1S/C14H21BrN2/c1-2-12-10-17(8-7-14(12)16)9-11-3-5-13(15)6-4-11/h3-6,12,14H,2,7-10,16H2,1H3. The third-order valence-electron chi connectivity index (χ3n) is 3.72. The molecule has 2 atom stereocenters. The Kier molecular flexibility index (Phi) is 4.60. The average molecular weight is 297 g/mol. The van der Waals surface area contributed by atoms with E-state index < -0.39 is 0 Å². The van der Waals surface area contributed by atoms with Crippen molar-refractivity contribution in [3.63, 3.8) is 0 Å². The van der Waals surface area contributed by atoms with Gasteiger partial charge in [0.2, 0.25) is 0 Å². The van der Waals surface area contributed by atoms with Gasteiger partial charge in [0.1, 0.15) is 0 Å². The van der Waals surface area contributed by atoms with Crippen LogP contribution in [0.15, 0.2) is 28.7 Å². The summed E-state index contributed by atoms with van der Waals surface area (Å²) in [5.41, 5.74) is 7.52. The molecule has 1 fully saturated rings. The Balaban J connectivity index is 1.93. The quantitative estimate of drug-likeness (QED) is 0.929. The van der Waals surface area contributed by atoms with E-state index in [9.17, 15) is 0 Å². The normalized spacial score (nSPS) is 26.1. The van der Waals surface area contributed by atoms with E-state index in [2.05, 4.69) is 52.0 Å². The van der Waals surface area contributed by atoms with E-state index in [0.717, 1.165) is 30.5 Å². The molecule has 1 aliphatic rings. The smallest absolute Gasteiger partial charge is 0.0233 e. The van der Waals surface area contributed by atoms with Gasteiger partial charge >= 0.3 is 0 Å². The highest BCUT2D eigenvalue weighted by Gasteiger charge is 2.24. The molecule has 94 valence electrons. The van der Waals surface area contributed by atoms with Gasteiger partial charge in [0.05, 0.1) is 0 Å². The van der Waals surface area contributed by atoms with Crippen molar-refractivity contribution in [2.24, 2.45) is 11.7 Å². The first-order valence-electron chi connectivity index (χ1n) is 6.41. The summed E-state index contributed by atoms with van der Waals surface area (Å²) in [6.45, 7) is 5.58. The lowest BCUT2D eigenvalue weighted by Gasteiger charge is -2.36. The van der Waals surface area contributed by atoms with Gasteiger partial charge in [0, 0.05) is 23.6 Å². The minimum atomic E-state index is 0.404. The van der Waals surface area contributed by atoms with E-state index in [-0.39, 0.29) is 0 Å². The van der Waals surface area contributed by atoms with Crippen molar-refractivity contribution in [3.8, 4) is 0 Å². The van der Waals surface area contributed by atoms with Crippen LogP contribution in [0.3, 0.4) is 0 Å². The average Bonchev–Trinajstić information content (AvgIpc) is 2.34.